The second-order valence-corrected chi connectivity index (χ2v) is 21.9. The molecule has 1 unspecified atom stereocenters. The molecule has 4 aromatic rings. The van der Waals surface area contributed by atoms with Gasteiger partial charge in [-0.1, -0.05) is 61.9 Å². The van der Waals surface area contributed by atoms with Gasteiger partial charge in [0.2, 0.25) is 5.78 Å². The Labute approximate surface area is 369 Å². The minimum Gasteiger partial charge on any atom is -0.453 e. The highest BCUT2D eigenvalue weighted by atomic mass is 35.5. The Morgan fingerprint density at radius 3 is 2.32 bits per heavy atom. The van der Waals surface area contributed by atoms with Crippen LogP contribution in [0.4, 0.5) is 26.3 Å². The van der Waals surface area contributed by atoms with Gasteiger partial charge in [-0.3, -0.25) is 4.79 Å². The number of furan rings is 1. The van der Waals surface area contributed by atoms with Crippen molar-refractivity contribution in [3.63, 3.8) is 0 Å². The number of carbonyl (C=O) groups excluding carboxylic acids is 1. The minimum atomic E-state index is -4.92. The van der Waals surface area contributed by atoms with Crippen LogP contribution in [0.15, 0.2) is 105 Å². The van der Waals surface area contributed by atoms with Crippen molar-refractivity contribution in [1.82, 2.24) is 4.31 Å². The molecule has 2 aromatic heterocycles. The lowest BCUT2D eigenvalue weighted by molar-refractivity contribution is -0.274. The lowest BCUT2D eigenvalue weighted by Gasteiger charge is -2.71. The quantitative estimate of drug-likeness (QED) is 0.0924. The molecule has 63 heavy (non-hydrogen) atoms. The SMILES string of the molecule is C[C@]12CC[C@H]3[C@]4(C=C[C@@]5(C=C4C(=O)c4ccc(-c6cc(C(F)(F)F)ccc6Cl)o4)CC(O)CC[C@]35C)[C@@H]1CC[C@@]2(O)CN(Cc1ccc(OC(F)(F)F)cc1)S(=O)(=O)c1cccs1. The molecule has 0 saturated heterocycles. The molecule has 17 heteroatoms. The van der Waals surface area contributed by atoms with E-state index in [1.165, 1.54) is 34.6 Å². The number of allylic oxidation sites excluding steroid dienone is 4. The summed E-state index contributed by atoms with van der Waals surface area (Å²) in [7, 11) is -4.25. The Hall–Kier alpha value is -3.93. The zero-order valence-electron chi connectivity index (χ0n) is 34.1. The van der Waals surface area contributed by atoms with Crippen molar-refractivity contribution in [2.45, 2.75) is 93.8 Å². The fourth-order valence-electron chi connectivity index (χ4n) is 12.3. The second kappa shape index (κ2) is 14.8. The number of hydrogen-bond acceptors (Lipinski definition) is 8. The molecular formula is C46H44ClF6NO7S2. The maximum atomic E-state index is 15.2. The van der Waals surface area contributed by atoms with E-state index in [4.69, 9.17) is 16.0 Å². The average Bonchev–Trinajstić information content (AvgIpc) is 3.98. The molecule has 336 valence electrons. The number of aliphatic hydroxyl groups is 2. The third-order valence-electron chi connectivity index (χ3n) is 15.4. The summed E-state index contributed by atoms with van der Waals surface area (Å²) in [5.74, 6) is -1.67. The van der Waals surface area contributed by atoms with Gasteiger partial charge in [0.05, 0.1) is 22.3 Å². The van der Waals surface area contributed by atoms with E-state index in [0.29, 0.717) is 49.7 Å². The van der Waals surface area contributed by atoms with Crippen molar-refractivity contribution < 1.29 is 58.9 Å². The van der Waals surface area contributed by atoms with Gasteiger partial charge in [0.25, 0.3) is 10.0 Å². The Morgan fingerprint density at radius 2 is 1.63 bits per heavy atom. The molecule has 2 N–H and O–H groups in total. The van der Waals surface area contributed by atoms with Crippen LogP contribution in [0.3, 0.4) is 0 Å². The lowest BCUT2D eigenvalue weighted by Crippen LogP contribution is -2.67. The van der Waals surface area contributed by atoms with Gasteiger partial charge in [-0.25, -0.2) is 8.42 Å². The molecule has 2 heterocycles. The highest BCUT2D eigenvalue weighted by molar-refractivity contribution is 7.91. The van der Waals surface area contributed by atoms with E-state index in [2.05, 4.69) is 23.8 Å². The number of carbonyl (C=O) groups is 1. The number of ether oxygens (including phenoxy) is 1. The minimum absolute atomic E-state index is 0.00404. The molecule has 2 bridgehead atoms. The molecule has 3 saturated carbocycles. The zero-order chi connectivity index (χ0) is 45.2. The maximum Gasteiger partial charge on any atom is 0.573 e. The smallest absolute Gasteiger partial charge is 0.453 e. The van der Waals surface area contributed by atoms with Gasteiger partial charge < -0.3 is 19.4 Å². The Bertz CT molecular complexity index is 2630. The molecule has 0 aliphatic heterocycles. The molecule has 10 rings (SSSR count). The number of ketones is 1. The largest absolute Gasteiger partial charge is 0.573 e. The molecule has 8 atom stereocenters. The molecular weight excluding hydrogens is 892 g/mol. The van der Waals surface area contributed by atoms with E-state index >= 15 is 4.79 Å². The number of alkyl halides is 6. The first-order valence-electron chi connectivity index (χ1n) is 20.7. The molecule has 8 nitrogen and oxygen atoms in total. The van der Waals surface area contributed by atoms with Gasteiger partial charge in [0.15, 0.2) is 5.76 Å². The summed E-state index contributed by atoms with van der Waals surface area (Å²) in [6, 6.07) is 13.6. The predicted octanol–water partition coefficient (Wildman–Crippen LogP) is 11.2. The third-order valence-corrected chi connectivity index (χ3v) is 18.9. The van der Waals surface area contributed by atoms with Crippen LogP contribution in [0, 0.1) is 33.5 Å². The van der Waals surface area contributed by atoms with Gasteiger partial charge in [-0.2, -0.15) is 17.5 Å². The van der Waals surface area contributed by atoms with E-state index in [1.54, 1.807) is 11.4 Å². The topological polar surface area (TPSA) is 117 Å². The van der Waals surface area contributed by atoms with Crippen LogP contribution in [-0.2, 0) is 22.7 Å². The van der Waals surface area contributed by atoms with E-state index < -0.39 is 78.9 Å². The van der Waals surface area contributed by atoms with E-state index in [-0.39, 0.29) is 51.7 Å². The molecule has 2 aromatic carbocycles. The first kappa shape index (κ1) is 44.3. The number of sulfonamides is 1. The van der Waals surface area contributed by atoms with Crippen LogP contribution in [0.2, 0.25) is 5.02 Å². The molecule has 0 amide bonds. The zero-order valence-corrected chi connectivity index (χ0v) is 36.5. The third kappa shape index (κ3) is 6.95. The summed E-state index contributed by atoms with van der Waals surface area (Å²) in [6.45, 7) is 3.51. The van der Waals surface area contributed by atoms with Crippen LogP contribution >= 0.6 is 22.9 Å². The van der Waals surface area contributed by atoms with E-state index in [0.717, 1.165) is 41.7 Å². The monoisotopic (exact) mass is 935 g/mol. The average molecular weight is 936 g/mol. The van der Waals surface area contributed by atoms with Crippen molar-refractivity contribution in [2.24, 2.45) is 33.5 Å². The number of fused-ring (bicyclic) bond motifs is 1. The number of nitrogens with zero attached hydrogens (tertiary/aromatic N) is 1. The van der Waals surface area contributed by atoms with Crippen molar-refractivity contribution in [2.75, 3.05) is 6.54 Å². The maximum absolute atomic E-state index is 15.2. The number of benzene rings is 2. The summed E-state index contributed by atoms with van der Waals surface area (Å²) < 4.78 is 120. The van der Waals surface area contributed by atoms with E-state index in [9.17, 15) is 45.0 Å². The summed E-state index contributed by atoms with van der Waals surface area (Å²) in [4.78, 5) is 15.2. The van der Waals surface area contributed by atoms with E-state index in [1.807, 2.05) is 13.0 Å². The number of thiophene rings is 1. The molecule has 0 radical (unpaired) electrons. The normalized spacial score (nSPS) is 32.6. The van der Waals surface area contributed by atoms with Gasteiger partial charge >= 0.3 is 12.5 Å². The van der Waals surface area contributed by atoms with Gasteiger partial charge in [-0.15, -0.1) is 24.5 Å². The summed E-state index contributed by atoms with van der Waals surface area (Å²) in [6.07, 6.45) is -0.932. The first-order valence-corrected chi connectivity index (χ1v) is 23.4. The number of halogens is 7. The van der Waals surface area contributed by atoms with Crippen LogP contribution in [0.5, 0.6) is 5.75 Å². The number of Topliss-reactive ketones (excluding diaryl/α,β-unsaturated/α-hetero) is 1. The fraction of sp³-hybridized carbons (Fsp3) is 0.457. The van der Waals surface area contributed by atoms with Crippen LogP contribution < -0.4 is 4.74 Å². The predicted molar refractivity (Wildman–Crippen MR) is 222 cm³/mol. The molecule has 6 aliphatic rings. The van der Waals surface area contributed by atoms with Crippen molar-refractivity contribution in [3.8, 4) is 17.1 Å². The lowest BCUT2D eigenvalue weighted by atomic mass is 9.32. The van der Waals surface area contributed by atoms with Gasteiger partial charge in [-0.05, 0) is 122 Å². The fourth-order valence-corrected chi connectivity index (χ4v) is 15.1. The first-order chi connectivity index (χ1) is 29.4. The summed E-state index contributed by atoms with van der Waals surface area (Å²) in [5.41, 5.74) is -4.99. The van der Waals surface area contributed by atoms with Gasteiger partial charge in [0.1, 0.15) is 15.7 Å². The standard InChI is InChI=1S/C46H44ClF6NO7S2/c1-40-16-13-29(55)23-42(40)19-20-44(32(24-42)39(56)35-12-11-34(60-35)31-22-28(45(48,49)50)7-10-33(31)47)36(40)14-17-41(2)37(44)15-18-43(41,57)26-54(63(58,59)38-4-3-21-62-38)25-27-5-8-30(9-6-27)61-46(51,52)53/h3-12,19-22,24,29,36-37,55,57H,13-18,23,25-26H2,1-2H3/t29?,36-,37-,40-,41+,42+,43-,44-/m1/s1. The highest BCUT2D eigenvalue weighted by Gasteiger charge is 2.75. The second-order valence-electron chi connectivity index (χ2n) is 18.4. The summed E-state index contributed by atoms with van der Waals surface area (Å²) >= 11 is 7.37. The van der Waals surface area contributed by atoms with Crippen LogP contribution in [-0.4, -0.2) is 53.3 Å². The number of aliphatic hydroxyl groups excluding tert-OH is 1. The van der Waals surface area contributed by atoms with Crippen molar-refractivity contribution >= 4 is 38.7 Å². The van der Waals surface area contributed by atoms with Crippen LogP contribution in [0.25, 0.3) is 11.3 Å². The van der Waals surface area contributed by atoms with Crippen molar-refractivity contribution in [3.05, 3.63) is 118 Å². The highest BCUT2D eigenvalue weighted by Crippen LogP contribution is 2.78. The van der Waals surface area contributed by atoms with Crippen LogP contribution in [0.1, 0.15) is 80.5 Å². The molecule has 2 spiro atoms. The Kier molecular flexibility index (Phi) is 10.4. The number of hydrogen-bond donors (Lipinski definition) is 2. The van der Waals surface area contributed by atoms with Gasteiger partial charge in [0, 0.05) is 40.5 Å². The number of rotatable bonds is 10. The Balaban J connectivity index is 1.10. The molecule has 6 aliphatic carbocycles. The Morgan fingerprint density at radius 1 is 0.937 bits per heavy atom. The molecule has 3 fully saturated rings. The summed E-state index contributed by atoms with van der Waals surface area (Å²) in [5, 5.41) is 25.8. The van der Waals surface area contributed by atoms with Crippen molar-refractivity contribution in [1.29, 1.82) is 0 Å².